The molecule has 0 spiro atoms. The predicted octanol–water partition coefficient (Wildman–Crippen LogP) is 2.89. The third-order valence-corrected chi connectivity index (χ3v) is 2.50. The topological polar surface area (TPSA) is 73.1 Å². The van der Waals surface area contributed by atoms with E-state index in [0.717, 1.165) is 5.56 Å². The van der Waals surface area contributed by atoms with E-state index in [2.05, 4.69) is 4.98 Å². The van der Waals surface area contributed by atoms with Crippen LogP contribution in [0.15, 0.2) is 54.9 Å². The van der Waals surface area contributed by atoms with Gasteiger partial charge in [0.25, 0.3) is 5.69 Å². The second-order valence-corrected chi connectivity index (χ2v) is 3.78. The van der Waals surface area contributed by atoms with Gasteiger partial charge in [-0.3, -0.25) is 19.9 Å². The lowest BCUT2D eigenvalue weighted by Crippen LogP contribution is -1.95. The summed E-state index contributed by atoms with van der Waals surface area (Å²) >= 11 is 0. The zero-order valence-corrected chi connectivity index (χ0v) is 9.89. The smallest absolute Gasteiger partial charge is 0.269 e. The van der Waals surface area contributed by atoms with Crippen LogP contribution in [0, 0.1) is 10.1 Å². The molecule has 0 radical (unpaired) electrons. The van der Waals surface area contributed by atoms with E-state index in [1.54, 1.807) is 30.6 Å². The summed E-state index contributed by atoms with van der Waals surface area (Å²) < 4.78 is 0. The van der Waals surface area contributed by atoms with Crippen molar-refractivity contribution < 1.29 is 9.72 Å². The van der Waals surface area contributed by atoms with Gasteiger partial charge in [-0.1, -0.05) is 6.08 Å². The maximum absolute atomic E-state index is 11.8. The fraction of sp³-hybridized carbons (Fsp3) is 0. The first kappa shape index (κ1) is 12.6. The van der Waals surface area contributed by atoms with Crippen molar-refractivity contribution in [1.82, 2.24) is 4.98 Å². The maximum atomic E-state index is 11.8. The largest absolute Gasteiger partial charge is 0.289 e. The molecule has 1 aromatic heterocycles. The van der Waals surface area contributed by atoms with Gasteiger partial charge in [-0.15, -0.1) is 0 Å². The van der Waals surface area contributed by atoms with E-state index in [0.29, 0.717) is 5.56 Å². The molecule has 0 unspecified atom stereocenters. The highest BCUT2D eigenvalue weighted by Crippen LogP contribution is 2.13. The SMILES string of the molecule is O=C(/C=C\c1ccncc1)c1ccc([N+](=O)[O-])cc1. The van der Waals surface area contributed by atoms with Gasteiger partial charge in [-0.2, -0.15) is 0 Å². The number of nitrogens with zero attached hydrogens (tertiary/aromatic N) is 2. The summed E-state index contributed by atoms with van der Waals surface area (Å²) in [4.78, 5) is 25.7. The number of carbonyl (C=O) groups excluding carboxylic acids is 1. The van der Waals surface area contributed by atoms with E-state index in [9.17, 15) is 14.9 Å². The van der Waals surface area contributed by atoms with E-state index in [4.69, 9.17) is 0 Å². The Kier molecular flexibility index (Phi) is 3.78. The summed E-state index contributed by atoms with van der Waals surface area (Å²) in [6.45, 7) is 0. The van der Waals surface area contributed by atoms with Crippen LogP contribution < -0.4 is 0 Å². The van der Waals surface area contributed by atoms with Crippen molar-refractivity contribution in [1.29, 1.82) is 0 Å². The van der Waals surface area contributed by atoms with Crippen molar-refractivity contribution in [2.75, 3.05) is 0 Å². The van der Waals surface area contributed by atoms with Gasteiger partial charge < -0.3 is 0 Å². The molecule has 0 N–H and O–H groups in total. The average molecular weight is 254 g/mol. The zero-order valence-electron chi connectivity index (χ0n) is 9.89. The molecule has 0 bridgehead atoms. The molecule has 94 valence electrons. The molecule has 0 aliphatic carbocycles. The van der Waals surface area contributed by atoms with Crippen molar-refractivity contribution in [3.05, 3.63) is 76.1 Å². The van der Waals surface area contributed by atoms with Crippen molar-refractivity contribution in [3.8, 4) is 0 Å². The third kappa shape index (κ3) is 3.32. The van der Waals surface area contributed by atoms with Gasteiger partial charge in [-0.25, -0.2) is 0 Å². The molecule has 0 saturated heterocycles. The van der Waals surface area contributed by atoms with Gasteiger partial charge in [0, 0.05) is 30.1 Å². The Morgan fingerprint density at radius 2 is 1.74 bits per heavy atom. The Morgan fingerprint density at radius 1 is 1.11 bits per heavy atom. The Morgan fingerprint density at radius 3 is 2.32 bits per heavy atom. The fourth-order valence-corrected chi connectivity index (χ4v) is 1.49. The number of rotatable bonds is 4. The monoisotopic (exact) mass is 254 g/mol. The van der Waals surface area contributed by atoms with Crippen LogP contribution in [0.2, 0.25) is 0 Å². The molecule has 1 aromatic carbocycles. The van der Waals surface area contributed by atoms with Gasteiger partial charge in [0.05, 0.1) is 4.92 Å². The van der Waals surface area contributed by atoms with E-state index in [1.165, 1.54) is 30.3 Å². The van der Waals surface area contributed by atoms with Crippen molar-refractivity contribution in [2.24, 2.45) is 0 Å². The minimum atomic E-state index is -0.499. The maximum Gasteiger partial charge on any atom is 0.269 e. The number of non-ortho nitro benzene ring substituents is 1. The second-order valence-electron chi connectivity index (χ2n) is 3.78. The lowest BCUT2D eigenvalue weighted by molar-refractivity contribution is -0.384. The molecule has 2 aromatic rings. The number of hydrogen-bond donors (Lipinski definition) is 0. The number of ketones is 1. The summed E-state index contributed by atoms with van der Waals surface area (Å²) in [6.07, 6.45) is 6.37. The zero-order chi connectivity index (χ0) is 13.7. The van der Waals surface area contributed by atoms with Gasteiger partial charge in [-0.05, 0) is 35.9 Å². The van der Waals surface area contributed by atoms with Crippen LogP contribution in [0.5, 0.6) is 0 Å². The first-order valence-electron chi connectivity index (χ1n) is 5.54. The number of pyridine rings is 1. The van der Waals surface area contributed by atoms with Crippen LogP contribution in [-0.4, -0.2) is 15.7 Å². The van der Waals surface area contributed by atoms with Gasteiger partial charge >= 0.3 is 0 Å². The Hall–Kier alpha value is -2.82. The second kappa shape index (κ2) is 5.68. The summed E-state index contributed by atoms with van der Waals surface area (Å²) in [5.74, 6) is -0.202. The molecule has 1 heterocycles. The van der Waals surface area contributed by atoms with Gasteiger partial charge in [0.15, 0.2) is 5.78 Å². The Labute approximate surface area is 109 Å². The van der Waals surface area contributed by atoms with E-state index < -0.39 is 4.92 Å². The quantitative estimate of drug-likeness (QED) is 0.364. The van der Waals surface area contributed by atoms with Crippen LogP contribution in [-0.2, 0) is 0 Å². The number of hydrogen-bond acceptors (Lipinski definition) is 4. The summed E-state index contributed by atoms with van der Waals surface area (Å²) in [7, 11) is 0. The lowest BCUT2D eigenvalue weighted by atomic mass is 10.1. The number of benzene rings is 1. The standard InChI is InChI=1S/C14H10N2O3/c17-14(6-1-11-7-9-15-10-8-11)12-2-4-13(5-3-12)16(18)19/h1-10H/b6-1-. The summed E-state index contributed by atoms with van der Waals surface area (Å²) in [6, 6.07) is 9.06. The lowest BCUT2D eigenvalue weighted by Gasteiger charge is -1.96. The van der Waals surface area contributed by atoms with Crippen LogP contribution in [0.1, 0.15) is 15.9 Å². The third-order valence-electron chi connectivity index (χ3n) is 2.50. The Bertz CT molecular complexity index is 619. The highest BCUT2D eigenvalue weighted by molar-refractivity contribution is 6.06. The molecule has 0 aliphatic heterocycles. The highest BCUT2D eigenvalue weighted by atomic mass is 16.6. The normalized spacial score (nSPS) is 10.5. The predicted molar refractivity (Wildman–Crippen MR) is 70.7 cm³/mol. The molecule has 0 aliphatic rings. The van der Waals surface area contributed by atoms with Crippen molar-refractivity contribution >= 4 is 17.5 Å². The number of carbonyl (C=O) groups is 1. The minimum Gasteiger partial charge on any atom is -0.289 e. The molecule has 5 nitrogen and oxygen atoms in total. The molecule has 0 fully saturated rings. The molecule has 5 heteroatoms. The molecule has 2 rings (SSSR count). The fourth-order valence-electron chi connectivity index (χ4n) is 1.49. The van der Waals surface area contributed by atoms with E-state index >= 15 is 0 Å². The number of aromatic nitrogens is 1. The molecular formula is C14H10N2O3. The summed E-state index contributed by atoms with van der Waals surface area (Å²) in [5.41, 5.74) is 1.25. The van der Waals surface area contributed by atoms with Crippen LogP contribution in [0.25, 0.3) is 6.08 Å². The minimum absolute atomic E-state index is 0.0327. The highest BCUT2D eigenvalue weighted by Gasteiger charge is 2.06. The molecular weight excluding hydrogens is 244 g/mol. The average Bonchev–Trinajstić information content (AvgIpc) is 2.46. The Balaban J connectivity index is 2.12. The van der Waals surface area contributed by atoms with Crippen molar-refractivity contribution in [2.45, 2.75) is 0 Å². The summed E-state index contributed by atoms with van der Waals surface area (Å²) in [5, 5.41) is 10.5. The molecule has 0 amide bonds. The molecule has 19 heavy (non-hydrogen) atoms. The van der Waals surface area contributed by atoms with E-state index in [1.807, 2.05) is 0 Å². The number of nitro groups is 1. The molecule has 0 saturated carbocycles. The van der Waals surface area contributed by atoms with Gasteiger partial charge in [0.1, 0.15) is 0 Å². The van der Waals surface area contributed by atoms with Crippen LogP contribution in [0.3, 0.4) is 0 Å². The van der Waals surface area contributed by atoms with Gasteiger partial charge in [0.2, 0.25) is 0 Å². The van der Waals surface area contributed by atoms with E-state index in [-0.39, 0.29) is 11.5 Å². The number of nitro benzene ring substituents is 1. The van der Waals surface area contributed by atoms with Crippen molar-refractivity contribution in [3.63, 3.8) is 0 Å². The number of allylic oxidation sites excluding steroid dienone is 1. The molecule has 0 atom stereocenters. The first-order valence-corrected chi connectivity index (χ1v) is 5.54. The van der Waals surface area contributed by atoms with Crippen LogP contribution in [0.4, 0.5) is 5.69 Å². The van der Waals surface area contributed by atoms with Crippen LogP contribution >= 0.6 is 0 Å². The first-order chi connectivity index (χ1) is 9.16.